The monoisotopic (exact) mass is 376 g/mol. The molecule has 2 aromatic carbocycles. The van der Waals surface area contributed by atoms with Gasteiger partial charge in [-0.05, 0) is 49.7 Å². The lowest BCUT2D eigenvalue weighted by Crippen LogP contribution is -2.36. The van der Waals surface area contributed by atoms with Gasteiger partial charge in [-0.3, -0.25) is 4.79 Å². The molecule has 0 spiro atoms. The molecule has 0 radical (unpaired) electrons. The van der Waals surface area contributed by atoms with Crippen LogP contribution in [0, 0.1) is 5.82 Å². The van der Waals surface area contributed by atoms with Crippen LogP contribution in [0.1, 0.15) is 23.7 Å². The fourth-order valence-electron chi connectivity index (χ4n) is 3.25. The van der Waals surface area contributed by atoms with Gasteiger partial charge in [-0.25, -0.2) is 12.8 Å². The Morgan fingerprint density at radius 1 is 1.19 bits per heavy atom. The molecule has 1 atom stereocenters. The van der Waals surface area contributed by atoms with Crippen LogP contribution >= 0.6 is 0 Å². The Labute approximate surface area is 152 Å². The van der Waals surface area contributed by atoms with Gasteiger partial charge in [0.1, 0.15) is 5.82 Å². The predicted octanol–water partition coefficient (Wildman–Crippen LogP) is 3.09. The molecule has 2 aromatic rings. The van der Waals surface area contributed by atoms with E-state index in [1.165, 1.54) is 18.2 Å². The molecule has 0 saturated carbocycles. The Morgan fingerprint density at radius 2 is 1.88 bits per heavy atom. The Hall–Kier alpha value is -2.41. The molecule has 1 amide bonds. The summed E-state index contributed by atoms with van der Waals surface area (Å²) in [6.07, 6.45) is 0.627. The first-order valence-corrected chi connectivity index (χ1v) is 10.3. The van der Waals surface area contributed by atoms with Gasteiger partial charge in [0.2, 0.25) is 0 Å². The fourth-order valence-corrected chi connectivity index (χ4v) is 4.98. The van der Waals surface area contributed by atoms with Gasteiger partial charge in [0.05, 0.1) is 17.1 Å². The Morgan fingerprint density at radius 3 is 2.46 bits per heavy atom. The van der Waals surface area contributed by atoms with E-state index >= 15 is 0 Å². The number of amides is 1. The Kier molecular flexibility index (Phi) is 5.27. The van der Waals surface area contributed by atoms with E-state index in [0.717, 1.165) is 5.69 Å². The maximum absolute atomic E-state index is 13.7. The smallest absolute Gasteiger partial charge is 0.258 e. The van der Waals surface area contributed by atoms with Crippen LogP contribution in [0.2, 0.25) is 0 Å². The standard InChI is InChI=1S/C19H21FN2O3S/c1-2-22(16-11-12-26(24,25)13-16)15-9-7-14(8-10-15)21-19(23)17-5-3-4-6-18(17)20/h3-10,16H,2,11-13H2,1H3,(H,21,23). The zero-order valence-corrected chi connectivity index (χ0v) is 15.3. The van der Waals surface area contributed by atoms with Crippen molar-refractivity contribution >= 4 is 27.1 Å². The van der Waals surface area contributed by atoms with E-state index < -0.39 is 21.6 Å². The van der Waals surface area contributed by atoms with Crippen LogP contribution in [0.3, 0.4) is 0 Å². The van der Waals surface area contributed by atoms with E-state index in [2.05, 4.69) is 10.2 Å². The average Bonchev–Trinajstić information content (AvgIpc) is 2.97. The first kappa shape index (κ1) is 18.4. The fraction of sp³-hybridized carbons (Fsp3) is 0.316. The summed E-state index contributed by atoms with van der Waals surface area (Å²) >= 11 is 0. The summed E-state index contributed by atoms with van der Waals surface area (Å²) in [5.74, 6) is -0.677. The van der Waals surface area contributed by atoms with Crippen LogP contribution in [0.25, 0.3) is 0 Å². The normalized spacial score (nSPS) is 18.5. The molecule has 0 aliphatic carbocycles. The molecule has 3 rings (SSSR count). The SMILES string of the molecule is CCN(c1ccc(NC(=O)c2ccccc2F)cc1)C1CCS(=O)(=O)C1. The van der Waals surface area contributed by atoms with Crippen molar-refractivity contribution in [1.29, 1.82) is 0 Å². The molecule has 138 valence electrons. The minimum atomic E-state index is -2.95. The van der Waals surface area contributed by atoms with Crippen molar-refractivity contribution in [2.24, 2.45) is 0 Å². The summed E-state index contributed by atoms with van der Waals surface area (Å²) in [5, 5.41) is 2.67. The molecule has 0 aromatic heterocycles. The summed E-state index contributed by atoms with van der Waals surface area (Å²) in [7, 11) is -2.95. The largest absolute Gasteiger partial charge is 0.368 e. The van der Waals surface area contributed by atoms with E-state index in [-0.39, 0.29) is 23.1 Å². The number of sulfone groups is 1. The van der Waals surface area contributed by atoms with E-state index in [1.54, 1.807) is 18.2 Å². The average molecular weight is 376 g/mol. The number of nitrogens with zero attached hydrogens (tertiary/aromatic N) is 1. The zero-order valence-electron chi connectivity index (χ0n) is 14.5. The second-order valence-electron chi connectivity index (χ2n) is 6.32. The number of anilines is 2. The van der Waals surface area contributed by atoms with Crippen molar-refractivity contribution in [3.8, 4) is 0 Å². The number of rotatable bonds is 5. The van der Waals surface area contributed by atoms with Crippen molar-refractivity contribution in [2.45, 2.75) is 19.4 Å². The van der Waals surface area contributed by atoms with Crippen LogP contribution in [-0.4, -0.2) is 38.4 Å². The molecule has 1 N–H and O–H groups in total. The van der Waals surface area contributed by atoms with Gasteiger partial charge in [0, 0.05) is 24.0 Å². The Balaban J connectivity index is 1.72. The van der Waals surface area contributed by atoms with E-state index in [0.29, 0.717) is 18.7 Å². The highest BCUT2D eigenvalue weighted by Crippen LogP contribution is 2.25. The van der Waals surface area contributed by atoms with Gasteiger partial charge in [-0.1, -0.05) is 12.1 Å². The molecule has 1 heterocycles. The first-order valence-electron chi connectivity index (χ1n) is 8.52. The number of benzene rings is 2. The van der Waals surface area contributed by atoms with Gasteiger partial charge in [-0.2, -0.15) is 0 Å². The summed E-state index contributed by atoms with van der Waals surface area (Å²) in [4.78, 5) is 14.2. The molecule has 7 heteroatoms. The van der Waals surface area contributed by atoms with Gasteiger partial charge in [0.15, 0.2) is 9.84 Å². The molecule has 1 fully saturated rings. The summed E-state index contributed by atoms with van der Waals surface area (Å²) in [5.41, 5.74) is 1.44. The molecule has 1 aliphatic rings. The summed E-state index contributed by atoms with van der Waals surface area (Å²) < 4.78 is 37.1. The molecule has 1 aliphatic heterocycles. The van der Waals surface area contributed by atoms with E-state index in [4.69, 9.17) is 0 Å². The second-order valence-corrected chi connectivity index (χ2v) is 8.55. The second kappa shape index (κ2) is 7.45. The van der Waals surface area contributed by atoms with Crippen LogP contribution < -0.4 is 10.2 Å². The molecule has 1 saturated heterocycles. The van der Waals surface area contributed by atoms with Crippen LogP contribution in [0.15, 0.2) is 48.5 Å². The molecular formula is C19H21FN2O3S. The first-order chi connectivity index (χ1) is 12.4. The van der Waals surface area contributed by atoms with Crippen LogP contribution in [0.4, 0.5) is 15.8 Å². The van der Waals surface area contributed by atoms with E-state index in [1.807, 2.05) is 19.1 Å². The molecule has 26 heavy (non-hydrogen) atoms. The third-order valence-corrected chi connectivity index (χ3v) is 6.32. The quantitative estimate of drug-likeness (QED) is 0.871. The van der Waals surface area contributed by atoms with Crippen molar-refractivity contribution in [1.82, 2.24) is 0 Å². The molecule has 1 unspecified atom stereocenters. The topological polar surface area (TPSA) is 66.5 Å². The lowest BCUT2D eigenvalue weighted by atomic mass is 10.1. The highest BCUT2D eigenvalue weighted by atomic mass is 32.2. The van der Waals surface area contributed by atoms with Gasteiger partial charge in [-0.15, -0.1) is 0 Å². The maximum Gasteiger partial charge on any atom is 0.258 e. The number of halogens is 1. The third-order valence-electron chi connectivity index (χ3n) is 4.57. The third kappa shape index (κ3) is 4.04. The molecular weight excluding hydrogens is 355 g/mol. The zero-order chi connectivity index (χ0) is 18.7. The van der Waals surface area contributed by atoms with Crippen LogP contribution in [0.5, 0.6) is 0 Å². The summed E-state index contributed by atoms with van der Waals surface area (Å²) in [6.45, 7) is 2.68. The van der Waals surface area contributed by atoms with Crippen molar-refractivity contribution in [3.63, 3.8) is 0 Å². The van der Waals surface area contributed by atoms with Gasteiger partial charge < -0.3 is 10.2 Å². The maximum atomic E-state index is 13.7. The number of hydrogen-bond acceptors (Lipinski definition) is 4. The van der Waals surface area contributed by atoms with Crippen LogP contribution in [-0.2, 0) is 9.84 Å². The summed E-state index contributed by atoms with van der Waals surface area (Å²) in [6, 6.07) is 12.9. The number of carbonyl (C=O) groups excluding carboxylic acids is 1. The predicted molar refractivity (Wildman–Crippen MR) is 101 cm³/mol. The minimum Gasteiger partial charge on any atom is -0.368 e. The lowest BCUT2D eigenvalue weighted by Gasteiger charge is -2.29. The molecule has 0 bridgehead atoms. The highest BCUT2D eigenvalue weighted by Gasteiger charge is 2.31. The van der Waals surface area contributed by atoms with Crippen molar-refractivity contribution in [3.05, 3.63) is 59.9 Å². The highest BCUT2D eigenvalue weighted by molar-refractivity contribution is 7.91. The van der Waals surface area contributed by atoms with Gasteiger partial charge in [0.25, 0.3) is 5.91 Å². The number of hydrogen-bond donors (Lipinski definition) is 1. The van der Waals surface area contributed by atoms with E-state index in [9.17, 15) is 17.6 Å². The molecule has 5 nitrogen and oxygen atoms in total. The van der Waals surface area contributed by atoms with Gasteiger partial charge >= 0.3 is 0 Å². The van der Waals surface area contributed by atoms with Crippen molar-refractivity contribution in [2.75, 3.05) is 28.3 Å². The minimum absolute atomic E-state index is 0.0112. The number of carbonyl (C=O) groups is 1. The number of nitrogens with one attached hydrogen (secondary N) is 1. The Bertz CT molecular complexity index is 897. The van der Waals surface area contributed by atoms with Crippen molar-refractivity contribution < 1.29 is 17.6 Å². The lowest BCUT2D eigenvalue weighted by molar-refractivity contribution is 0.102.